The number of benzene rings is 1. The maximum atomic E-state index is 13.9. The predicted molar refractivity (Wildman–Crippen MR) is 133 cm³/mol. The van der Waals surface area contributed by atoms with Gasteiger partial charge < -0.3 is 4.57 Å². The topological polar surface area (TPSA) is 76.5 Å². The van der Waals surface area contributed by atoms with E-state index in [1.807, 2.05) is 37.5 Å². The van der Waals surface area contributed by atoms with Gasteiger partial charge in [-0.25, -0.2) is 8.42 Å². The third kappa shape index (κ3) is 3.87. The lowest BCUT2D eigenvalue weighted by Gasteiger charge is -2.44. The van der Waals surface area contributed by atoms with E-state index in [1.165, 1.54) is 0 Å². The standard InChI is InChI=1S/C27H36N2O4S/c1-18(30)17-29-19(2)21(24-22(29)16-26(3,4)27(5,6)25(24)31)15-20-11-7-8-12-23(20)34(32,33)28-13-9-10-14-28/h7-8,11-12H,9-10,13-17H2,1-6H3. The minimum atomic E-state index is -3.60. The number of ketones is 2. The average Bonchev–Trinajstić information content (AvgIpc) is 3.37. The maximum absolute atomic E-state index is 13.9. The molecule has 0 atom stereocenters. The van der Waals surface area contributed by atoms with Gasteiger partial charge in [0.1, 0.15) is 5.78 Å². The molecule has 1 fully saturated rings. The number of rotatable bonds is 6. The fourth-order valence-corrected chi connectivity index (χ4v) is 7.12. The van der Waals surface area contributed by atoms with Gasteiger partial charge in [-0.05, 0) is 55.7 Å². The molecule has 1 aromatic heterocycles. The molecule has 1 saturated heterocycles. The molecular formula is C27H36N2O4S. The first-order valence-electron chi connectivity index (χ1n) is 12.1. The van der Waals surface area contributed by atoms with Crippen LogP contribution in [0.15, 0.2) is 29.2 Å². The van der Waals surface area contributed by atoms with Gasteiger partial charge in [0, 0.05) is 41.9 Å². The number of carbonyl (C=O) groups excluding carboxylic acids is 2. The summed E-state index contributed by atoms with van der Waals surface area (Å²) < 4.78 is 30.4. The van der Waals surface area contributed by atoms with E-state index in [4.69, 9.17) is 0 Å². The van der Waals surface area contributed by atoms with Crippen molar-refractivity contribution in [1.29, 1.82) is 0 Å². The van der Waals surface area contributed by atoms with Gasteiger partial charge in [-0.3, -0.25) is 9.59 Å². The van der Waals surface area contributed by atoms with Crippen molar-refractivity contribution in [3.8, 4) is 0 Å². The van der Waals surface area contributed by atoms with Crippen LogP contribution in [0.25, 0.3) is 0 Å². The van der Waals surface area contributed by atoms with Crippen LogP contribution in [-0.4, -0.2) is 41.9 Å². The summed E-state index contributed by atoms with van der Waals surface area (Å²) in [5.41, 5.74) is 3.13. The summed E-state index contributed by atoms with van der Waals surface area (Å²) in [6.07, 6.45) is 2.77. The molecule has 6 nitrogen and oxygen atoms in total. The molecule has 34 heavy (non-hydrogen) atoms. The lowest BCUT2D eigenvalue weighted by molar-refractivity contribution is -0.117. The summed E-state index contributed by atoms with van der Waals surface area (Å²) in [6.45, 7) is 13.0. The van der Waals surface area contributed by atoms with Crippen LogP contribution in [0.5, 0.6) is 0 Å². The van der Waals surface area contributed by atoms with Crippen molar-refractivity contribution >= 4 is 21.6 Å². The van der Waals surface area contributed by atoms with Gasteiger partial charge in [-0.2, -0.15) is 4.31 Å². The highest BCUT2D eigenvalue weighted by Crippen LogP contribution is 2.50. The summed E-state index contributed by atoms with van der Waals surface area (Å²) in [5, 5.41) is 0. The second kappa shape index (κ2) is 8.45. The number of fused-ring (bicyclic) bond motifs is 1. The number of carbonyl (C=O) groups is 2. The predicted octanol–water partition coefficient (Wildman–Crippen LogP) is 4.55. The lowest BCUT2D eigenvalue weighted by Crippen LogP contribution is -2.46. The zero-order chi connectivity index (χ0) is 25.1. The van der Waals surface area contributed by atoms with Crippen LogP contribution >= 0.6 is 0 Å². The number of hydrogen-bond donors (Lipinski definition) is 0. The third-order valence-electron chi connectivity index (χ3n) is 8.26. The van der Waals surface area contributed by atoms with E-state index in [2.05, 4.69) is 13.8 Å². The Morgan fingerprint density at radius 3 is 2.29 bits per heavy atom. The van der Waals surface area contributed by atoms with Crippen molar-refractivity contribution in [3.63, 3.8) is 0 Å². The Bertz CT molecular complexity index is 1260. The Kier molecular flexibility index (Phi) is 6.18. The van der Waals surface area contributed by atoms with Crippen molar-refractivity contribution in [2.75, 3.05) is 13.1 Å². The highest BCUT2D eigenvalue weighted by Gasteiger charge is 2.50. The van der Waals surface area contributed by atoms with Crippen LogP contribution in [0, 0.1) is 17.8 Å². The summed E-state index contributed by atoms with van der Waals surface area (Å²) in [6, 6.07) is 7.12. The fourth-order valence-electron chi connectivity index (χ4n) is 5.38. The molecule has 0 unspecified atom stereocenters. The van der Waals surface area contributed by atoms with E-state index >= 15 is 0 Å². The summed E-state index contributed by atoms with van der Waals surface area (Å²) in [4.78, 5) is 26.3. The second-order valence-corrected chi connectivity index (χ2v) is 13.0. The second-order valence-electron chi connectivity index (χ2n) is 11.1. The molecular weight excluding hydrogens is 448 g/mol. The first kappa shape index (κ1) is 24.9. The summed E-state index contributed by atoms with van der Waals surface area (Å²) in [5.74, 6) is 0.0959. The van der Waals surface area contributed by atoms with Gasteiger partial charge in [0.15, 0.2) is 5.78 Å². The molecule has 184 valence electrons. The number of aromatic nitrogens is 1. The van der Waals surface area contributed by atoms with E-state index < -0.39 is 15.4 Å². The molecule has 4 rings (SSSR count). The normalized spacial score (nSPS) is 19.9. The Hall–Kier alpha value is -2.25. The highest BCUT2D eigenvalue weighted by molar-refractivity contribution is 7.89. The van der Waals surface area contributed by atoms with Gasteiger partial charge in [0.2, 0.25) is 10.0 Å². The fraction of sp³-hybridized carbons (Fsp3) is 0.556. The molecule has 0 N–H and O–H groups in total. The number of Topliss-reactive ketones (excluding diaryl/α,β-unsaturated/α-hetero) is 2. The molecule has 2 aliphatic rings. The summed E-state index contributed by atoms with van der Waals surface area (Å²) >= 11 is 0. The Morgan fingerprint density at radius 1 is 1.06 bits per heavy atom. The van der Waals surface area contributed by atoms with Gasteiger partial charge in [-0.1, -0.05) is 45.9 Å². The first-order chi connectivity index (χ1) is 15.8. The Morgan fingerprint density at radius 2 is 1.68 bits per heavy atom. The Balaban J connectivity index is 1.88. The van der Waals surface area contributed by atoms with Gasteiger partial charge in [-0.15, -0.1) is 0 Å². The van der Waals surface area contributed by atoms with Crippen molar-refractivity contribution < 1.29 is 18.0 Å². The molecule has 1 aliphatic carbocycles. The average molecular weight is 485 g/mol. The molecule has 0 saturated carbocycles. The quantitative estimate of drug-likeness (QED) is 0.603. The van der Waals surface area contributed by atoms with Crippen LogP contribution in [0.1, 0.15) is 80.3 Å². The van der Waals surface area contributed by atoms with Crippen LogP contribution in [0.4, 0.5) is 0 Å². The minimum Gasteiger partial charge on any atom is -0.341 e. The molecule has 0 radical (unpaired) electrons. The molecule has 0 amide bonds. The van der Waals surface area contributed by atoms with E-state index in [0.29, 0.717) is 42.0 Å². The van der Waals surface area contributed by atoms with Crippen LogP contribution < -0.4 is 0 Å². The van der Waals surface area contributed by atoms with Crippen molar-refractivity contribution in [2.45, 2.75) is 78.7 Å². The smallest absolute Gasteiger partial charge is 0.243 e. The van der Waals surface area contributed by atoms with Gasteiger partial charge in [0.25, 0.3) is 0 Å². The van der Waals surface area contributed by atoms with Crippen molar-refractivity contribution in [3.05, 3.63) is 52.3 Å². The molecule has 0 bridgehead atoms. The first-order valence-corrected chi connectivity index (χ1v) is 13.6. The molecule has 0 spiro atoms. The third-order valence-corrected chi connectivity index (χ3v) is 10.3. The number of nitrogens with zero attached hydrogens (tertiary/aromatic N) is 2. The van der Waals surface area contributed by atoms with Gasteiger partial charge >= 0.3 is 0 Å². The van der Waals surface area contributed by atoms with E-state index in [9.17, 15) is 18.0 Å². The van der Waals surface area contributed by atoms with Crippen LogP contribution in [0.2, 0.25) is 0 Å². The van der Waals surface area contributed by atoms with Crippen LogP contribution in [0.3, 0.4) is 0 Å². The van der Waals surface area contributed by atoms with E-state index in [1.54, 1.807) is 23.4 Å². The van der Waals surface area contributed by atoms with Gasteiger partial charge in [0.05, 0.1) is 11.4 Å². The maximum Gasteiger partial charge on any atom is 0.243 e. The minimum absolute atomic E-state index is 0.0274. The lowest BCUT2D eigenvalue weighted by atomic mass is 9.58. The number of hydrogen-bond acceptors (Lipinski definition) is 4. The monoisotopic (exact) mass is 484 g/mol. The van der Waals surface area contributed by atoms with Crippen molar-refractivity contribution in [2.24, 2.45) is 10.8 Å². The SMILES string of the molecule is CC(=O)Cn1c(C)c(Cc2ccccc2S(=O)(=O)N2CCCC2)c2c1CC(C)(C)C(C)(C)C2=O. The molecule has 1 aromatic carbocycles. The zero-order valence-electron chi connectivity index (χ0n) is 21.2. The van der Waals surface area contributed by atoms with E-state index in [-0.39, 0.29) is 23.5 Å². The molecule has 7 heteroatoms. The van der Waals surface area contributed by atoms with Crippen molar-refractivity contribution in [1.82, 2.24) is 8.87 Å². The molecule has 2 heterocycles. The van der Waals surface area contributed by atoms with Crippen LogP contribution in [-0.2, 0) is 34.2 Å². The zero-order valence-corrected chi connectivity index (χ0v) is 22.0. The number of sulfonamides is 1. The highest BCUT2D eigenvalue weighted by atomic mass is 32.2. The largest absolute Gasteiger partial charge is 0.341 e. The summed E-state index contributed by atoms with van der Waals surface area (Å²) in [7, 11) is -3.60. The van der Waals surface area contributed by atoms with E-state index in [0.717, 1.165) is 29.8 Å². The molecule has 1 aliphatic heterocycles. The Labute approximate surface area is 203 Å². The molecule has 2 aromatic rings.